The first-order valence-electron chi connectivity index (χ1n) is 8.91. The normalized spacial score (nSPS) is 29.1. The number of nitrogens with zero attached hydrogens (tertiary/aromatic N) is 1. The van der Waals surface area contributed by atoms with Crippen molar-refractivity contribution in [2.45, 2.75) is 62.9 Å². The van der Waals surface area contributed by atoms with Gasteiger partial charge in [-0.3, -0.25) is 4.79 Å². The molecule has 1 aliphatic carbocycles. The van der Waals surface area contributed by atoms with Crippen molar-refractivity contribution in [1.29, 1.82) is 0 Å². The summed E-state index contributed by atoms with van der Waals surface area (Å²) < 4.78 is 13.9. The monoisotopic (exact) mass is 316 g/mol. The molecule has 4 rings (SSSR count). The Morgan fingerprint density at radius 1 is 1.30 bits per heavy atom. The predicted octanol–water partition coefficient (Wildman–Crippen LogP) is 2.91. The van der Waals surface area contributed by atoms with E-state index in [1.807, 2.05) is 6.07 Å². The van der Waals surface area contributed by atoms with E-state index in [4.69, 9.17) is 0 Å². The van der Waals surface area contributed by atoms with E-state index in [0.29, 0.717) is 11.6 Å². The van der Waals surface area contributed by atoms with Gasteiger partial charge in [-0.25, -0.2) is 4.39 Å². The van der Waals surface area contributed by atoms with Crippen molar-refractivity contribution < 1.29 is 9.18 Å². The lowest BCUT2D eigenvalue weighted by Gasteiger charge is -2.36. The van der Waals surface area contributed by atoms with Gasteiger partial charge in [-0.2, -0.15) is 0 Å². The van der Waals surface area contributed by atoms with Gasteiger partial charge in [0.05, 0.1) is 5.41 Å². The van der Waals surface area contributed by atoms with Crippen LogP contribution < -0.4 is 5.32 Å². The molecule has 1 amide bonds. The third-order valence-corrected chi connectivity index (χ3v) is 6.12. The average molecular weight is 316 g/mol. The summed E-state index contributed by atoms with van der Waals surface area (Å²) in [5.74, 6) is -0.0940. The largest absolute Gasteiger partial charge is 0.352 e. The highest BCUT2D eigenvalue weighted by atomic mass is 19.1. The number of piperidine rings is 1. The summed E-state index contributed by atoms with van der Waals surface area (Å²) in [5, 5.41) is 3.29. The quantitative estimate of drug-likeness (QED) is 0.930. The van der Waals surface area contributed by atoms with Crippen molar-refractivity contribution in [2.75, 3.05) is 13.1 Å². The predicted molar refractivity (Wildman–Crippen MR) is 87.8 cm³/mol. The summed E-state index contributed by atoms with van der Waals surface area (Å²) in [5.41, 5.74) is 1.04. The molecule has 0 bridgehead atoms. The maximum atomic E-state index is 13.9. The van der Waals surface area contributed by atoms with Crippen LogP contribution in [0.15, 0.2) is 18.2 Å². The lowest BCUT2D eigenvalue weighted by molar-refractivity contribution is -0.124. The first-order valence-corrected chi connectivity index (χ1v) is 8.91. The lowest BCUT2D eigenvalue weighted by atomic mass is 9.89. The molecule has 4 heteroatoms. The summed E-state index contributed by atoms with van der Waals surface area (Å²) in [6.07, 6.45) is 6.35. The van der Waals surface area contributed by atoms with Gasteiger partial charge >= 0.3 is 0 Å². The van der Waals surface area contributed by atoms with E-state index in [2.05, 4.69) is 10.2 Å². The standard InChI is InChI=1S/C19H25FN2O/c1-13-16(5-2-6-17(13)20)19(8-9-19)18(23)21-14-7-11-22-10-3-4-15(22)12-14/h2,5-6,14-15H,3-4,7-12H2,1H3,(H,21,23). The second-order valence-corrected chi connectivity index (χ2v) is 7.52. The number of rotatable bonds is 3. The second-order valence-electron chi connectivity index (χ2n) is 7.52. The van der Waals surface area contributed by atoms with Crippen LogP contribution in [0.2, 0.25) is 0 Å². The molecule has 0 spiro atoms. The van der Waals surface area contributed by atoms with Crippen molar-refractivity contribution >= 4 is 5.91 Å². The van der Waals surface area contributed by atoms with Gasteiger partial charge in [0.25, 0.3) is 0 Å². The molecule has 2 unspecified atom stereocenters. The number of carbonyl (C=O) groups is 1. The third-order valence-electron chi connectivity index (χ3n) is 6.12. The van der Waals surface area contributed by atoms with Crippen molar-refractivity contribution in [1.82, 2.24) is 10.2 Å². The molecule has 3 aliphatic rings. The zero-order chi connectivity index (χ0) is 16.0. The van der Waals surface area contributed by atoms with Crippen LogP contribution in [-0.2, 0) is 10.2 Å². The van der Waals surface area contributed by atoms with Gasteiger partial charge in [0.15, 0.2) is 0 Å². The van der Waals surface area contributed by atoms with Gasteiger partial charge in [0, 0.05) is 18.6 Å². The highest BCUT2D eigenvalue weighted by Gasteiger charge is 2.52. The Hall–Kier alpha value is -1.42. The zero-order valence-electron chi connectivity index (χ0n) is 13.8. The van der Waals surface area contributed by atoms with Crippen LogP contribution in [0.3, 0.4) is 0 Å². The minimum Gasteiger partial charge on any atom is -0.352 e. The molecule has 3 fully saturated rings. The Kier molecular flexibility index (Phi) is 3.67. The third kappa shape index (κ3) is 2.57. The fourth-order valence-corrected chi connectivity index (χ4v) is 4.55. The van der Waals surface area contributed by atoms with Crippen molar-refractivity contribution in [3.8, 4) is 0 Å². The van der Waals surface area contributed by atoms with Crippen LogP contribution >= 0.6 is 0 Å². The van der Waals surface area contributed by atoms with Gasteiger partial charge in [-0.15, -0.1) is 0 Å². The van der Waals surface area contributed by atoms with Gasteiger partial charge in [0.2, 0.25) is 5.91 Å². The summed E-state index contributed by atoms with van der Waals surface area (Å²) >= 11 is 0. The molecule has 124 valence electrons. The Morgan fingerprint density at radius 2 is 2.13 bits per heavy atom. The topological polar surface area (TPSA) is 32.3 Å². The Balaban J connectivity index is 1.47. The lowest BCUT2D eigenvalue weighted by Crippen LogP contribution is -2.49. The molecule has 2 saturated heterocycles. The molecular formula is C19H25FN2O. The Labute approximate surface area is 137 Å². The summed E-state index contributed by atoms with van der Waals surface area (Å²) in [6.45, 7) is 4.11. The number of amides is 1. The van der Waals surface area contributed by atoms with Crippen LogP contribution in [0, 0.1) is 12.7 Å². The maximum Gasteiger partial charge on any atom is 0.230 e. The highest BCUT2D eigenvalue weighted by Crippen LogP contribution is 2.50. The number of nitrogens with one attached hydrogen (secondary N) is 1. The fraction of sp³-hybridized carbons (Fsp3) is 0.632. The number of carbonyl (C=O) groups excluding carboxylic acids is 1. The van der Waals surface area contributed by atoms with Crippen molar-refractivity contribution in [3.05, 3.63) is 35.1 Å². The van der Waals surface area contributed by atoms with Gasteiger partial charge < -0.3 is 10.2 Å². The SMILES string of the molecule is Cc1c(F)cccc1C1(C(=O)NC2CCN3CCCC3C2)CC1. The van der Waals surface area contributed by atoms with Crippen LogP contribution in [0.1, 0.15) is 49.7 Å². The van der Waals surface area contributed by atoms with Crippen LogP contribution in [-0.4, -0.2) is 36.0 Å². The van der Waals surface area contributed by atoms with Gasteiger partial charge in [-0.05, 0) is 69.2 Å². The molecule has 2 aliphatic heterocycles. The fourth-order valence-electron chi connectivity index (χ4n) is 4.55. The number of hydrogen-bond donors (Lipinski definition) is 1. The molecule has 23 heavy (non-hydrogen) atoms. The molecule has 1 saturated carbocycles. The van der Waals surface area contributed by atoms with E-state index in [1.165, 1.54) is 25.5 Å². The van der Waals surface area contributed by atoms with Gasteiger partial charge in [-0.1, -0.05) is 12.1 Å². The minimum atomic E-state index is -0.473. The van der Waals surface area contributed by atoms with Gasteiger partial charge in [0.1, 0.15) is 5.82 Å². The van der Waals surface area contributed by atoms with E-state index >= 15 is 0 Å². The molecule has 2 heterocycles. The number of hydrogen-bond acceptors (Lipinski definition) is 2. The molecule has 2 atom stereocenters. The van der Waals surface area contributed by atoms with E-state index < -0.39 is 5.41 Å². The van der Waals surface area contributed by atoms with Crippen LogP contribution in [0.5, 0.6) is 0 Å². The van der Waals surface area contributed by atoms with Crippen molar-refractivity contribution in [3.63, 3.8) is 0 Å². The highest BCUT2D eigenvalue weighted by molar-refractivity contribution is 5.91. The summed E-state index contributed by atoms with van der Waals surface area (Å²) in [4.78, 5) is 15.5. The van der Waals surface area contributed by atoms with Crippen LogP contribution in [0.25, 0.3) is 0 Å². The first kappa shape index (κ1) is 15.1. The molecule has 0 radical (unpaired) electrons. The minimum absolute atomic E-state index is 0.114. The summed E-state index contributed by atoms with van der Waals surface area (Å²) in [6, 6.07) is 6.06. The zero-order valence-corrected chi connectivity index (χ0v) is 13.8. The molecule has 1 aromatic rings. The average Bonchev–Trinajstić information content (AvgIpc) is 3.22. The molecule has 1 aromatic carbocycles. The van der Waals surface area contributed by atoms with Crippen molar-refractivity contribution in [2.24, 2.45) is 0 Å². The van der Waals surface area contributed by atoms with E-state index in [0.717, 1.165) is 37.8 Å². The second kappa shape index (κ2) is 5.59. The molecular weight excluding hydrogens is 291 g/mol. The van der Waals surface area contributed by atoms with Crippen LogP contribution in [0.4, 0.5) is 4.39 Å². The summed E-state index contributed by atoms with van der Waals surface area (Å²) in [7, 11) is 0. The van der Waals surface area contributed by atoms with E-state index in [9.17, 15) is 9.18 Å². The van der Waals surface area contributed by atoms with E-state index in [1.54, 1.807) is 13.0 Å². The number of halogens is 1. The number of benzene rings is 1. The number of fused-ring (bicyclic) bond motifs is 1. The Morgan fingerprint density at radius 3 is 2.91 bits per heavy atom. The molecule has 1 N–H and O–H groups in total. The van der Waals surface area contributed by atoms with E-state index in [-0.39, 0.29) is 17.8 Å². The smallest absolute Gasteiger partial charge is 0.230 e. The first-order chi connectivity index (χ1) is 11.1. The molecule has 0 aromatic heterocycles. The Bertz CT molecular complexity index is 626. The molecule has 3 nitrogen and oxygen atoms in total. The maximum absolute atomic E-state index is 13.9.